The summed E-state index contributed by atoms with van der Waals surface area (Å²) in [7, 11) is 0. The average molecular weight is 354 g/mol. The molecule has 138 valence electrons. The lowest BCUT2D eigenvalue weighted by atomic mass is 9.86. The Morgan fingerprint density at radius 3 is 2.23 bits per heavy atom. The Morgan fingerprint density at radius 2 is 1.58 bits per heavy atom. The standard InChI is InChI=1S/C21H26N2O3/c24-18-15-22(19(25)16-9-3-1-4-10-16)21(13-7-8-14-21)20(26)23(18)17-11-5-2-6-12-17/h1,3-4,9-10,17H,2,5-8,11-15H2. The van der Waals surface area contributed by atoms with E-state index in [4.69, 9.17) is 0 Å². The molecule has 5 nitrogen and oxygen atoms in total. The zero-order valence-electron chi connectivity index (χ0n) is 15.2. The number of carbonyl (C=O) groups is 3. The topological polar surface area (TPSA) is 57.7 Å². The van der Waals surface area contributed by atoms with Crippen LogP contribution in [0.25, 0.3) is 0 Å². The van der Waals surface area contributed by atoms with Gasteiger partial charge in [0.25, 0.3) is 11.8 Å². The third-order valence-corrected chi connectivity index (χ3v) is 6.33. The Balaban J connectivity index is 1.67. The van der Waals surface area contributed by atoms with E-state index >= 15 is 0 Å². The summed E-state index contributed by atoms with van der Waals surface area (Å²) in [6.07, 6.45) is 8.31. The van der Waals surface area contributed by atoms with E-state index in [9.17, 15) is 14.4 Å². The predicted molar refractivity (Wildman–Crippen MR) is 97.4 cm³/mol. The summed E-state index contributed by atoms with van der Waals surface area (Å²) in [6.45, 7) is 0.0238. The molecule has 1 spiro atoms. The van der Waals surface area contributed by atoms with Gasteiger partial charge in [0.15, 0.2) is 0 Å². The second-order valence-corrected chi connectivity index (χ2v) is 7.86. The zero-order valence-corrected chi connectivity index (χ0v) is 15.2. The number of nitrogens with zero attached hydrogens (tertiary/aromatic N) is 2. The van der Waals surface area contributed by atoms with Gasteiger partial charge in [0, 0.05) is 11.6 Å². The fraction of sp³-hybridized carbons (Fsp3) is 0.571. The zero-order chi connectivity index (χ0) is 18.1. The highest BCUT2D eigenvalue weighted by atomic mass is 16.2. The van der Waals surface area contributed by atoms with Crippen LogP contribution < -0.4 is 0 Å². The minimum atomic E-state index is -0.821. The Kier molecular flexibility index (Phi) is 4.55. The van der Waals surface area contributed by atoms with Crippen LogP contribution in [0, 0.1) is 0 Å². The van der Waals surface area contributed by atoms with Crippen LogP contribution in [-0.4, -0.2) is 45.6 Å². The normalized spacial score (nSPS) is 23.7. The maximum Gasteiger partial charge on any atom is 0.255 e. The van der Waals surface area contributed by atoms with Crippen LogP contribution in [0.15, 0.2) is 30.3 Å². The second-order valence-electron chi connectivity index (χ2n) is 7.86. The van der Waals surface area contributed by atoms with Crippen LogP contribution in [0.1, 0.15) is 68.1 Å². The first-order valence-electron chi connectivity index (χ1n) is 9.87. The highest BCUT2D eigenvalue weighted by Crippen LogP contribution is 2.41. The summed E-state index contributed by atoms with van der Waals surface area (Å²) in [5.41, 5.74) is -0.274. The molecule has 3 fully saturated rings. The van der Waals surface area contributed by atoms with Crippen molar-refractivity contribution in [2.75, 3.05) is 6.54 Å². The number of carbonyl (C=O) groups excluding carboxylic acids is 3. The average Bonchev–Trinajstić information content (AvgIpc) is 3.17. The van der Waals surface area contributed by atoms with Gasteiger partial charge in [0.2, 0.25) is 5.91 Å². The molecule has 1 saturated heterocycles. The molecule has 1 heterocycles. The van der Waals surface area contributed by atoms with E-state index in [1.807, 2.05) is 18.2 Å². The molecule has 0 N–H and O–H groups in total. The SMILES string of the molecule is O=C1CN(C(=O)c2ccccc2)C2(CCCC2)C(=O)N1C1CCCCC1. The Hall–Kier alpha value is -2.17. The number of rotatable bonds is 2. The van der Waals surface area contributed by atoms with Crippen LogP contribution in [0.2, 0.25) is 0 Å². The van der Waals surface area contributed by atoms with Crippen LogP contribution in [0.3, 0.4) is 0 Å². The summed E-state index contributed by atoms with van der Waals surface area (Å²) in [5, 5.41) is 0. The third-order valence-electron chi connectivity index (χ3n) is 6.33. The molecule has 0 atom stereocenters. The first-order valence-corrected chi connectivity index (χ1v) is 9.87. The molecule has 0 radical (unpaired) electrons. The van der Waals surface area contributed by atoms with Crippen molar-refractivity contribution < 1.29 is 14.4 Å². The van der Waals surface area contributed by atoms with Crippen molar-refractivity contribution in [2.45, 2.75) is 69.4 Å². The van der Waals surface area contributed by atoms with Gasteiger partial charge in [-0.25, -0.2) is 0 Å². The minimum Gasteiger partial charge on any atom is -0.315 e. The van der Waals surface area contributed by atoms with E-state index in [0.717, 1.165) is 38.5 Å². The minimum absolute atomic E-state index is 0.0233. The summed E-state index contributed by atoms with van der Waals surface area (Å²) in [4.78, 5) is 42.7. The Bertz CT molecular complexity index is 703. The number of hydrogen-bond donors (Lipinski definition) is 0. The van der Waals surface area contributed by atoms with E-state index in [2.05, 4.69) is 0 Å². The molecule has 0 aromatic heterocycles. The molecule has 26 heavy (non-hydrogen) atoms. The van der Waals surface area contributed by atoms with Crippen LogP contribution in [0.5, 0.6) is 0 Å². The van der Waals surface area contributed by atoms with E-state index in [1.165, 1.54) is 6.42 Å². The largest absolute Gasteiger partial charge is 0.315 e. The van der Waals surface area contributed by atoms with Gasteiger partial charge in [-0.2, -0.15) is 0 Å². The Labute approximate surface area is 154 Å². The maximum atomic E-state index is 13.5. The molecule has 5 heteroatoms. The second kappa shape index (κ2) is 6.86. The maximum absolute atomic E-state index is 13.5. The van der Waals surface area contributed by atoms with Gasteiger partial charge < -0.3 is 4.90 Å². The lowest BCUT2D eigenvalue weighted by molar-refractivity contribution is -0.164. The lowest BCUT2D eigenvalue weighted by Gasteiger charge is -2.49. The van der Waals surface area contributed by atoms with Crippen LogP contribution >= 0.6 is 0 Å². The van der Waals surface area contributed by atoms with Gasteiger partial charge in [-0.05, 0) is 37.8 Å². The lowest BCUT2D eigenvalue weighted by Crippen LogP contribution is -2.69. The van der Waals surface area contributed by atoms with E-state index in [0.29, 0.717) is 18.4 Å². The molecule has 1 aliphatic heterocycles. The van der Waals surface area contributed by atoms with E-state index in [-0.39, 0.29) is 30.3 Å². The highest BCUT2D eigenvalue weighted by Gasteiger charge is 2.56. The number of imide groups is 1. The van der Waals surface area contributed by atoms with Crippen molar-refractivity contribution >= 4 is 17.7 Å². The highest BCUT2D eigenvalue weighted by molar-refractivity contribution is 6.09. The molecule has 2 saturated carbocycles. The molecular weight excluding hydrogens is 328 g/mol. The first kappa shape index (κ1) is 17.3. The van der Waals surface area contributed by atoms with E-state index < -0.39 is 5.54 Å². The molecular formula is C21H26N2O3. The molecule has 2 aliphatic carbocycles. The molecule has 3 amide bonds. The number of hydrogen-bond acceptors (Lipinski definition) is 3. The summed E-state index contributed by atoms with van der Waals surface area (Å²) >= 11 is 0. The molecule has 0 unspecified atom stereocenters. The molecule has 3 aliphatic rings. The molecule has 1 aromatic rings. The number of piperazine rings is 1. The van der Waals surface area contributed by atoms with Gasteiger partial charge in [0.1, 0.15) is 12.1 Å². The molecule has 4 rings (SSSR count). The quantitative estimate of drug-likeness (QED) is 0.767. The summed E-state index contributed by atoms with van der Waals surface area (Å²) in [5.74, 6) is -0.524. The van der Waals surface area contributed by atoms with Gasteiger partial charge in [0.05, 0.1) is 0 Å². The predicted octanol–water partition coefficient (Wildman–Crippen LogP) is 3.14. The molecule has 0 bridgehead atoms. The third kappa shape index (κ3) is 2.74. The van der Waals surface area contributed by atoms with Crippen molar-refractivity contribution in [3.8, 4) is 0 Å². The van der Waals surface area contributed by atoms with Gasteiger partial charge >= 0.3 is 0 Å². The smallest absolute Gasteiger partial charge is 0.255 e. The number of benzene rings is 1. The van der Waals surface area contributed by atoms with Crippen molar-refractivity contribution in [2.24, 2.45) is 0 Å². The summed E-state index contributed by atoms with van der Waals surface area (Å²) < 4.78 is 0. The van der Waals surface area contributed by atoms with Gasteiger partial charge in [-0.3, -0.25) is 19.3 Å². The van der Waals surface area contributed by atoms with Crippen molar-refractivity contribution in [1.29, 1.82) is 0 Å². The summed E-state index contributed by atoms with van der Waals surface area (Å²) in [6, 6.07) is 9.03. The fourth-order valence-electron chi connectivity index (χ4n) is 4.97. The van der Waals surface area contributed by atoms with E-state index in [1.54, 1.807) is 21.9 Å². The van der Waals surface area contributed by atoms with Crippen molar-refractivity contribution in [3.05, 3.63) is 35.9 Å². The monoisotopic (exact) mass is 354 g/mol. The van der Waals surface area contributed by atoms with Crippen molar-refractivity contribution in [3.63, 3.8) is 0 Å². The van der Waals surface area contributed by atoms with Crippen molar-refractivity contribution in [1.82, 2.24) is 9.80 Å². The fourth-order valence-corrected chi connectivity index (χ4v) is 4.97. The number of amides is 3. The van der Waals surface area contributed by atoms with Crippen LogP contribution in [-0.2, 0) is 9.59 Å². The van der Waals surface area contributed by atoms with Crippen LogP contribution in [0.4, 0.5) is 0 Å². The first-order chi connectivity index (χ1) is 12.6. The van der Waals surface area contributed by atoms with Gasteiger partial charge in [-0.1, -0.05) is 50.3 Å². The Morgan fingerprint density at radius 1 is 0.923 bits per heavy atom. The molecule has 1 aromatic carbocycles. The van der Waals surface area contributed by atoms with Gasteiger partial charge in [-0.15, -0.1) is 0 Å².